The summed E-state index contributed by atoms with van der Waals surface area (Å²) in [5, 5.41) is 0.780. The van der Waals surface area contributed by atoms with E-state index in [2.05, 4.69) is 0 Å². The lowest BCUT2D eigenvalue weighted by Gasteiger charge is -2.07. The third-order valence-corrected chi connectivity index (χ3v) is 7.12. The molecule has 0 amide bonds. The Bertz CT molecular complexity index is 129. The Morgan fingerprint density at radius 1 is 1.00 bits per heavy atom. The second kappa shape index (κ2) is 4.45. The summed E-state index contributed by atoms with van der Waals surface area (Å²) in [6.07, 6.45) is 0. The molecule has 62 valence electrons. The zero-order valence-electron chi connectivity index (χ0n) is 6.90. The average molecular weight is 183 g/mol. The molecule has 0 aromatic carbocycles. The molecule has 0 saturated carbocycles. The molecule has 0 heterocycles. The normalized spacial score (nSPS) is 11.7. The van der Waals surface area contributed by atoms with Gasteiger partial charge in [-0.2, -0.15) is 9.79 Å². The van der Waals surface area contributed by atoms with E-state index < -0.39 is 7.15 Å². The summed E-state index contributed by atoms with van der Waals surface area (Å²) in [6, 6.07) is 0. The molecule has 0 aromatic heterocycles. The first-order valence-corrected chi connectivity index (χ1v) is 6.57. The van der Waals surface area contributed by atoms with Crippen molar-refractivity contribution < 1.29 is 9.79 Å². The first-order chi connectivity index (χ1) is 4.46. The largest absolute Gasteiger partial charge is 0.458 e. The zero-order valence-corrected chi connectivity index (χ0v) is 8.62. The third kappa shape index (κ3) is 3.11. The number of hydrogen-bond acceptors (Lipinski definition) is 0. The Morgan fingerprint density at radius 2 is 1.30 bits per heavy atom. The lowest BCUT2D eigenvalue weighted by Crippen LogP contribution is -2.14. The first kappa shape index (κ1) is 10.6. The molecule has 2 nitrogen and oxygen atoms in total. The van der Waals surface area contributed by atoms with Gasteiger partial charge in [0.2, 0.25) is 0 Å². The Kier molecular flexibility index (Phi) is 4.70. The predicted molar refractivity (Wildman–Crippen MR) is 49.0 cm³/mol. The fraction of sp³-hybridized carbons (Fsp3) is 1.00. The van der Waals surface area contributed by atoms with Crippen LogP contribution in [0.15, 0.2) is 0 Å². The second-order valence-electron chi connectivity index (χ2n) is 2.70. The average Bonchev–Trinajstić information content (AvgIpc) is 1.59. The second-order valence-corrected chi connectivity index (χ2v) is 8.03. The van der Waals surface area contributed by atoms with Gasteiger partial charge < -0.3 is 0 Å². The minimum atomic E-state index is -1.72. The van der Waals surface area contributed by atoms with Gasteiger partial charge in [-0.3, -0.25) is 0 Å². The fourth-order valence-corrected chi connectivity index (χ4v) is 5.03. The minimum absolute atomic E-state index is 0.204. The monoisotopic (exact) mass is 183 g/mol. The Morgan fingerprint density at radius 3 is 1.30 bits per heavy atom. The van der Waals surface area contributed by atoms with Gasteiger partial charge in [0, 0.05) is 10.5 Å². The highest BCUT2D eigenvalue weighted by Gasteiger charge is 2.20. The van der Waals surface area contributed by atoms with Crippen LogP contribution in [0.4, 0.5) is 0 Å². The smallest absolute Gasteiger partial charge is 0.162 e. The molecule has 0 aromatic rings. The fourth-order valence-electron chi connectivity index (χ4n) is 0.921. The van der Waals surface area contributed by atoms with Gasteiger partial charge in [0.1, 0.15) is 0 Å². The zero-order chi connectivity index (χ0) is 8.31. The Hall–Kier alpha value is 0.570. The van der Waals surface area contributed by atoms with Crippen molar-refractivity contribution in [2.75, 3.05) is 0 Å². The highest BCUT2D eigenvalue weighted by molar-refractivity contribution is 8.23. The molecule has 0 spiro atoms. The first-order valence-electron chi connectivity index (χ1n) is 3.36. The molecular weight excluding hydrogens is 167 g/mol. The third-order valence-electron chi connectivity index (χ3n) is 1.15. The topological polar surface area (TPSA) is 40.5 Å². The summed E-state index contributed by atoms with van der Waals surface area (Å²) in [7, 11) is -1.92. The van der Waals surface area contributed by atoms with Gasteiger partial charge in [0.25, 0.3) is 0 Å². The van der Waals surface area contributed by atoms with Crippen LogP contribution in [-0.4, -0.2) is 20.3 Å². The van der Waals surface area contributed by atoms with Crippen LogP contribution in [0, 0.1) is 0 Å². The summed E-state index contributed by atoms with van der Waals surface area (Å²) >= 11 is 0. The van der Waals surface area contributed by atoms with E-state index in [1.54, 1.807) is 0 Å². The highest BCUT2D eigenvalue weighted by atomic mass is 32.5. The minimum Gasteiger partial charge on any atom is -0.162 e. The maximum Gasteiger partial charge on any atom is 0.458 e. The molecule has 0 aliphatic carbocycles. The van der Waals surface area contributed by atoms with Crippen molar-refractivity contribution in [3.8, 4) is 0 Å². The molecule has 0 bridgehead atoms. The van der Waals surface area contributed by atoms with Crippen LogP contribution < -0.4 is 0 Å². The summed E-state index contributed by atoms with van der Waals surface area (Å²) in [5.74, 6) is 0. The van der Waals surface area contributed by atoms with Crippen molar-refractivity contribution >= 4 is 17.2 Å². The van der Waals surface area contributed by atoms with Crippen molar-refractivity contribution in [2.45, 2.75) is 38.2 Å². The molecule has 4 heteroatoms. The lowest BCUT2D eigenvalue weighted by molar-refractivity contribution is 0.508. The van der Waals surface area contributed by atoms with Crippen LogP contribution >= 0.6 is 7.15 Å². The molecule has 0 aliphatic heterocycles. The van der Waals surface area contributed by atoms with Gasteiger partial charge in [0.15, 0.2) is 0 Å². The van der Waals surface area contributed by atoms with Gasteiger partial charge in [0.05, 0.1) is 10.1 Å². The van der Waals surface area contributed by atoms with Crippen LogP contribution in [0.5, 0.6) is 0 Å². The van der Waals surface area contributed by atoms with Crippen LogP contribution in [0.2, 0.25) is 0 Å². The molecular formula is C6H16O2PS+. The molecule has 0 fully saturated rings. The van der Waals surface area contributed by atoms with Gasteiger partial charge >= 0.3 is 7.15 Å². The van der Waals surface area contributed by atoms with E-state index in [1.807, 2.05) is 27.7 Å². The van der Waals surface area contributed by atoms with E-state index in [0.29, 0.717) is 10.5 Å². The summed E-state index contributed by atoms with van der Waals surface area (Å²) in [4.78, 5) is 18.0. The Balaban J connectivity index is 4.44. The molecule has 0 aliphatic rings. The SMILES string of the molecule is CC(C)S(C(C)C)=[P+](O)O. The number of hydrogen-bond donors (Lipinski definition) is 2. The van der Waals surface area contributed by atoms with Gasteiger partial charge in [-0.15, -0.1) is 0 Å². The van der Waals surface area contributed by atoms with E-state index >= 15 is 0 Å². The van der Waals surface area contributed by atoms with E-state index in [0.717, 1.165) is 0 Å². The summed E-state index contributed by atoms with van der Waals surface area (Å²) in [5.41, 5.74) is 0. The lowest BCUT2D eigenvalue weighted by atomic mass is 10.6. The Labute approximate surface area is 65.8 Å². The van der Waals surface area contributed by atoms with Crippen molar-refractivity contribution in [3.05, 3.63) is 0 Å². The van der Waals surface area contributed by atoms with Gasteiger partial charge in [-0.1, -0.05) is 27.7 Å². The maximum absolute atomic E-state index is 8.99. The molecule has 0 atom stereocenters. The molecule has 0 rings (SSSR count). The van der Waals surface area contributed by atoms with Gasteiger partial charge in [-0.25, -0.2) is 0 Å². The quantitative estimate of drug-likeness (QED) is 0.639. The van der Waals surface area contributed by atoms with Gasteiger partial charge in [-0.05, 0) is 0 Å². The summed E-state index contributed by atoms with van der Waals surface area (Å²) < 4.78 is 0. The summed E-state index contributed by atoms with van der Waals surface area (Å²) in [6.45, 7) is 8.13. The molecule has 10 heavy (non-hydrogen) atoms. The number of rotatable bonds is 2. The standard InChI is InChI=1S/C6H16O2PS/c1-5(2)10(6(3)4)9(7)8/h5-8H,1-4H3/q+1. The van der Waals surface area contributed by atoms with E-state index in [4.69, 9.17) is 9.79 Å². The van der Waals surface area contributed by atoms with Crippen molar-refractivity contribution in [1.82, 2.24) is 0 Å². The van der Waals surface area contributed by atoms with Crippen LogP contribution in [0.3, 0.4) is 0 Å². The van der Waals surface area contributed by atoms with Crippen LogP contribution in [0.25, 0.3) is 0 Å². The van der Waals surface area contributed by atoms with Crippen molar-refractivity contribution in [1.29, 1.82) is 0 Å². The molecule has 0 saturated heterocycles. The molecule has 0 radical (unpaired) electrons. The maximum atomic E-state index is 8.99. The van der Waals surface area contributed by atoms with E-state index in [9.17, 15) is 0 Å². The highest BCUT2D eigenvalue weighted by Crippen LogP contribution is 2.23. The molecule has 2 N–H and O–H groups in total. The predicted octanol–water partition coefficient (Wildman–Crippen LogP) is 1.63. The molecule has 0 unspecified atom stereocenters. The van der Waals surface area contributed by atoms with Crippen LogP contribution in [-0.2, 0) is 10.1 Å². The van der Waals surface area contributed by atoms with E-state index in [-0.39, 0.29) is 10.1 Å². The van der Waals surface area contributed by atoms with E-state index in [1.165, 1.54) is 0 Å². The van der Waals surface area contributed by atoms with Crippen molar-refractivity contribution in [3.63, 3.8) is 0 Å². The van der Waals surface area contributed by atoms with Crippen molar-refractivity contribution in [2.24, 2.45) is 0 Å². The van der Waals surface area contributed by atoms with Crippen LogP contribution in [0.1, 0.15) is 27.7 Å².